The molecule has 0 aliphatic carbocycles. The van der Waals surface area contributed by atoms with Crippen LogP contribution in [0.5, 0.6) is 11.5 Å². The van der Waals surface area contributed by atoms with E-state index >= 15 is 0 Å². The minimum absolute atomic E-state index is 0.293. The second kappa shape index (κ2) is 7.43. The highest BCUT2D eigenvalue weighted by Gasteiger charge is 2.09. The number of ether oxygens (including phenoxy) is 1. The number of hydrogen-bond donors (Lipinski definition) is 1. The zero-order valence-corrected chi connectivity index (χ0v) is 13.4. The van der Waals surface area contributed by atoms with Crippen LogP contribution in [-0.4, -0.2) is 11.5 Å². The Bertz CT molecular complexity index is 584. The first-order valence-corrected chi connectivity index (χ1v) is 7.65. The third-order valence-corrected chi connectivity index (χ3v) is 3.57. The molecule has 0 saturated heterocycles. The maximum Gasteiger partial charge on any atom is 0.145 e. The Balaban J connectivity index is 2.11. The lowest BCUT2D eigenvalue weighted by Gasteiger charge is -2.15. The number of pyridine rings is 1. The van der Waals surface area contributed by atoms with Crippen LogP contribution in [0.25, 0.3) is 0 Å². The van der Waals surface area contributed by atoms with Gasteiger partial charge >= 0.3 is 0 Å². The van der Waals surface area contributed by atoms with Crippen LogP contribution in [0, 0.1) is 6.92 Å². The average molecular weight is 305 g/mol. The zero-order valence-electron chi connectivity index (χ0n) is 12.7. The molecular weight excluding hydrogens is 284 g/mol. The first kappa shape index (κ1) is 15.8. The molecule has 21 heavy (non-hydrogen) atoms. The standard InChI is InChI=1S/C17H21ClN2O/c1-4-15(19-5-2)16-8-7-14(11-20-16)21-17-9-6-13(18)10-12(17)3/h6-11,15,19H,4-5H2,1-3H3. The molecule has 1 unspecified atom stereocenters. The third-order valence-electron chi connectivity index (χ3n) is 3.34. The van der Waals surface area contributed by atoms with E-state index in [1.165, 1.54) is 0 Å². The van der Waals surface area contributed by atoms with Gasteiger partial charge in [0.1, 0.15) is 11.5 Å². The summed E-state index contributed by atoms with van der Waals surface area (Å²) in [5.41, 5.74) is 2.05. The topological polar surface area (TPSA) is 34.1 Å². The number of rotatable bonds is 6. The lowest BCUT2D eigenvalue weighted by Crippen LogP contribution is -2.20. The largest absolute Gasteiger partial charge is 0.455 e. The summed E-state index contributed by atoms with van der Waals surface area (Å²) in [5, 5.41) is 4.13. The summed E-state index contributed by atoms with van der Waals surface area (Å²) in [4.78, 5) is 4.50. The molecule has 0 aliphatic heterocycles. The molecular formula is C17H21ClN2O. The van der Waals surface area contributed by atoms with Gasteiger partial charge in [-0.15, -0.1) is 0 Å². The summed E-state index contributed by atoms with van der Waals surface area (Å²) in [6.45, 7) is 7.16. The van der Waals surface area contributed by atoms with E-state index in [-0.39, 0.29) is 0 Å². The number of aromatic nitrogens is 1. The second-order valence-corrected chi connectivity index (χ2v) is 5.39. The molecule has 0 spiro atoms. The van der Waals surface area contributed by atoms with E-state index in [1.54, 1.807) is 6.20 Å². The maximum absolute atomic E-state index is 5.95. The minimum atomic E-state index is 0.293. The second-order valence-electron chi connectivity index (χ2n) is 4.95. The Morgan fingerprint density at radius 3 is 2.62 bits per heavy atom. The highest BCUT2D eigenvalue weighted by Crippen LogP contribution is 2.27. The molecule has 3 nitrogen and oxygen atoms in total. The summed E-state index contributed by atoms with van der Waals surface area (Å²) in [6, 6.07) is 9.84. The van der Waals surface area contributed by atoms with E-state index in [2.05, 4.69) is 24.1 Å². The Morgan fingerprint density at radius 2 is 2.05 bits per heavy atom. The Kier molecular flexibility index (Phi) is 5.59. The average Bonchev–Trinajstić information content (AvgIpc) is 2.48. The van der Waals surface area contributed by atoms with Crippen LogP contribution in [0.1, 0.15) is 37.6 Å². The van der Waals surface area contributed by atoms with Crippen LogP contribution < -0.4 is 10.1 Å². The van der Waals surface area contributed by atoms with E-state index in [0.29, 0.717) is 11.1 Å². The Hall–Kier alpha value is -1.58. The predicted octanol–water partition coefficient (Wildman–Crippen LogP) is 4.90. The van der Waals surface area contributed by atoms with Crippen LogP contribution in [-0.2, 0) is 0 Å². The van der Waals surface area contributed by atoms with Gasteiger partial charge in [-0.05, 0) is 55.8 Å². The van der Waals surface area contributed by atoms with E-state index in [1.807, 2.05) is 37.3 Å². The van der Waals surface area contributed by atoms with Crippen molar-refractivity contribution < 1.29 is 4.74 Å². The SMILES string of the molecule is CCNC(CC)c1ccc(Oc2ccc(Cl)cc2C)cn1. The number of aryl methyl sites for hydroxylation is 1. The van der Waals surface area contributed by atoms with Gasteiger partial charge < -0.3 is 10.1 Å². The van der Waals surface area contributed by atoms with Gasteiger partial charge in [-0.1, -0.05) is 25.4 Å². The fourth-order valence-electron chi connectivity index (χ4n) is 2.22. The lowest BCUT2D eigenvalue weighted by molar-refractivity contribution is 0.472. The van der Waals surface area contributed by atoms with Crippen LogP contribution in [0.15, 0.2) is 36.5 Å². The van der Waals surface area contributed by atoms with E-state index in [9.17, 15) is 0 Å². The van der Waals surface area contributed by atoms with Gasteiger partial charge in [0.25, 0.3) is 0 Å². The molecule has 1 aromatic heterocycles. The van der Waals surface area contributed by atoms with Crippen LogP contribution in [0.4, 0.5) is 0 Å². The number of hydrogen-bond acceptors (Lipinski definition) is 3. The van der Waals surface area contributed by atoms with Crippen molar-refractivity contribution in [2.24, 2.45) is 0 Å². The molecule has 0 radical (unpaired) electrons. The van der Waals surface area contributed by atoms with Gasteiger partial charge in [0.2, 0.25) is 0 Å². The van der Waals surface area contributed by atoms with Crippen molar-refractivity contribution in [1.82, 2.24) is 10.3 Å². The predicted molar refractivity (Wildman–Crippen MR) is 87.2 cm³/mol. The molecule has 0 amide bonds. The van der Waals surface area contributed by atoms with E-state index < -0.39 is 0 Å². The van der Waals surface area contributed by atoms with E-state index in [4.69, 9.17) is 16.3 Å². The smallest absolute Gasteiger partial charge is 0.145 e. The monoisotopic (exact) mass is 304 g/mol. The summed E-state index contributed by atoms with van der Waals surface area (Å²) in [6.07, 6.45) is 2.78. The summed E-state index contributed by atoms with van der Waals surface area (Å²) < 4.78 is 5.85. The molecule has 0 saturated carbocycles. The molecule has 0 aliphatic rings. The molecule has 1 aromatic carbocycles. The van der Waals surface area contributed by atoms with Crippen molar-refractivity contribution in [2.75, 3.05) is 6.54 Å². The fourth-order valence-corrected chi connectivity index (χ4v) is 2.44. The van der Waals surface area contributed by atoms with Crippen LogP contribution in [0.2, 0.25) is 5.02 Å². The van der Waals surface area contributed by atoms with Gasteiger partial charge in [0, 0.05) is 11.1 Å². The molecule has 0 fully saturated rings. The zero-order chi connectivity index (χ0) is 15.2. The number of halogens is 1. The Morgan fingerprint density at radius 1 is 1.24 bits per heavy atom. The quantitative estimate of drug-likeness (QED) is 0.824. The molecule has 4 heteroatoms. The number of nitrogens with zero attached hydrogens (tertiary/aromatic N) is 1. The third kappa shape index (κ3) is 4.19. The normalized spacial score (nSPS) is 12.2. The van der Waals surface area contributed by atoms with Crippen LogP contribution in [0.3, 0.4) is 0 Å². The molecule has 1 N–H and O–H groups in total. The summed E-state index contributed by atoms with van der Waals surface area (Å²) in [5.74, 6) is 1.53. The van der Waals surface area contributed by atoms with Crippen molar-refractivity contribution >= 4 is 11.6 Å². The first-order chi connectivity index (χ1) is 10.1. The molecule has 1 atom stereocenters. The van der Waals surface area contributed by atoms with Gasteiger partial charge in [-0.3, -0.25) is 4.98 Å². The fraction of sp³-hybridized carbons (Fsp3) is 0.353. The maximum atomic E-state index is 5.95. The van der Waals surface area contributed by atoms with Crippen molar-refractivity contribution in [3.63, 3.8) is 0 Å². The molecule has 1 heterocycles. The molecule has 0 bridgehead atoms. The summed E-state index contributed by atoms with van der Waals surface area (Å²) >= 11 is 5.95. The molecule has 2 rings (SSSR count). The van der Waals surface area contributed by atoms with Crippen molar-refractivity contribution in [1.29, 1.82) is 0 Å². The summed E-state index contributed by atoms with van der Waals surface area (Å²) in [7, 11) is 0. The Labute approximate surface area is 131 Å². The van der Waals surface area contributed by atoms with Crippen LogP contribution >= 0.6 is 11.6 Å². The van der Waals surface area contributed by atoms with Gasteiger partial charge in [-0.25, -0.2) is 0 Å². The van der Waals surface area contributed by atoms with Gasteiger partial charge in [0.15, 0.2) is 0 Å². The van der Waals surface area contributed by atoms with Gasteiger partial charge in [0.05, 0.1) is 11.9 Å². The minimum Gasteiger partial charge on any atom is -0.455 e. The van der Waals surface area contributed by atoms with Crippen molar-refractivity contribution in [3.05, 3.63) is 52.8 Å². The first-order valence-electron chi connectivity index (χ1n) is 7.27. The van der Waals surface area contributed by atoms with Crippen molar-refractivity contribution in [3.8, 4) is 11.5 Å². The number of nitrogens with one attached hydrogen (secondary N) is 1. The van der Waals surface area contributed by atoms with Gasteiger partial charge in [-0.2, -0.15) is 0 Å². The lowest BCUT2D eigenvalue weighted by atomic mass is 10.1. The van der Waals surface area contributed by atoms with E-state index in [0.717, 1.165) is 35.7 Å². The molecule has 112 valence electrons. The molecule has 2 aromatic rings. The van der Waals surface area contributed by atoms with Crippen molar-refractivity contribution in [2.45, 2.75) is 33.2 Å². The number of benzene rings is 1. The highest BCUT2D eigenvalue weighted by atomic mass is 35.5. The highest BCUT2D eigenvalue weighted by molar-refractivity contribution is 6.30.